The van der Waals surface area contributed by atoms with E-state index in [1.807, 2.05) is 0 Å². The van der Waals surface area contributed by atoms with E-state index in [1.165, 1.54) is 19.2 Å². The molecule has 1 heterocycles. The van der Waals surface area contributed by atoms with Crippen LogP contribution in [0.15, 0.2) is 16.7 Å². The topological polar surface area (TPSA) is 59.4 Å². The number of methoxy groups -OCH3 is 1. The molecule has 0 aliphatic heterocycles. The standard InChI is InChI=1S/C8H8BrNO3/c1-13-4-6-2-5(8(11)12)3-7(9)10-6/h2-3H,4H2,1H3,(H,11,12). The molecule has 70 valence electrons. The average molecular weight is 246 g/mol. The molecule has 1 aromatic rings. The summed E-state index contributed by atoms with van der Waals surface area (Å²) in [5.41, 5.74) is 0.795. The quantitative estimate of drug-likeness (QED) is 0.824. The third-order valence-electron chi connectivity index (χ3n) is 1.39. The Balaban J connectivity index is 3.03. The minimum absolute atomic E-state index is 0.203. The minimum atomic E-state index is -0.972. The lowest BCUT2D eigenvalue weighted by Crippen LogP contribution is -2.01. The number of hydrogen-bond acceptors (Lipinski definition) is 3. The van der Waals surface area contributed by atoms with Crippen LogP contribution >= 0.6 is 15.9 Å². The fourth-order valence-electron chi connectivity index (χ4n) is 0.897. The molecule has 0 aliphatic rings. The zero-order valence-corrected chi connectivity index (χ0v) is 8.54. The van der Waals surface area contributed by atoms with Crippen LogP contribution in [-0.2, 0) is 11.3 Å². The van der Waals surface area contributed by atoms with Crippen molar-refractivity contribution in [2.24, 2.45) is 0 Å². The Morgan fingerprint density at radius 1 is 1.69 bits per heavy atom. The number of nitrogens with zero attached hydrogens (tertiary/aromatic N) is 1. The molecule has 0 bridgehead atoms. The van der Waals surface area contributed by atoms with E-state index in [-0.39, 0.29) is 5.56 Å². The van der Waals surface area contributed by atoms with Crippen molar-refractivity contribution in [1.29, 1.82) is 0 Å². The summed E-state index contributed by atoms with van der Waals surface area (Å²) >= 11 is 3.12. The van der Waals surface area contributed by atoms with Gasteiger partial charge in [0.1, 0.15) is 4.60 Å². The van der Waals surface area contributed by atoms with Crippen LogP contribution in [0.1, 0.15) is 16.1 Å². The van der Waals surface area contributed by atoms with Gasteiger partial charge in [0.2, 0.25) is 0 Å². The number of aromatic nitrogens is 1. The minimum Gasteiger partial charge on any atom is -0.478 e. The first-order valence-electron chi connectivity index (χ1n) is 3.52. The van der Waals surface area contributed by atoms with E-state index in [4.69, 9.17) is 9.84 Å². The summed E-state index contributed by atoms with van der Waals surface area (Å²) in [6, 6.07) is 2.93. The maximum atomic E-state index is 10.6. The van der Waals surface area contributed by atoms with Crippen molar-refractivity contribution in [3.05, 3.63) is 28.0 Å². The molecule has 0 saturated heterocycles. The number of aromatic carboxylic acids is 1. The highest BCUT2D eigenvalue weighted by atomic mass is 79.9. The zero-order chi connectivity index (χ0) is 9.84. The van der Waals surface area contributed by atoms with Crippen molar-refractivity contribution in [3.63, 3.8) is 0 Å². The van der Waals surface area contributed by atoms with Crippen LogP contribution in [0.25, 0.3) is 0 Å². The molecule has 0 atom stereocenters. The highest BCUT2D eigenvalue weighted by Crippen LogP contribution is 2.12. The predicted molar refractivity (Wildman–Crippen MR) is 49.6 cm³/mol. The van der Waals surface area contributed by atoms with Crippen LogP contribution in [0.3, 0.4) is 0 Å². The number of ether oxygens (including phenoxy) is 1. The van der Waals surface area contributed by atoms with E-state index in [1.54, 1.807) is 0 Å². The van der Waals surface area contributed by atoms with Crippen molar-refractivity contribution in [2.45, 2.75) is 6.61 Å². The molecule has 0 amide bonds. The average Bonchev–Trinajstić information content (AvgIpc) is 2.03. The summed E-state index contributed by atoms with van der Waals surface area (Å²) < 4.78 is 5.34. The third kappa shape index (κ3) is 2.78. The van der Waals surface area contributed by atoms with Gasteiger partial charge in [0, 0.05) is 7.11 Å². The van der Waals surface area contributed by atoms with E-state index in [9.17, 15) is 4.79 Å². The summed E-state index contributed by atoms with van der Waals surface area (Å²) in [5.74, 6) is -0.972. The number of carboxylic acids is 1. The van der Waals surface area contributed by atoms with Crippen LogP contribution in [0, 0.1) is 0 Å². The van der Waals surface area contributed by atoms with Gasteiger partial charge in [-0.15, -0.1) is 0 Å². The number of carboxylic acid groups (broad SMARTS) is 1. The number of pyridine rings is 1. The number of carbonyl (C=O) groups is 1. The molecule has 4 nitrogen and oxygen atoms in total. The summed E-state index contributed by atoms with van der Waals surface area (Å²) in [7, 11) is 1.53. The largest absolute Gasteiger partial charge is 0.478 e. The first-order chi connectivity index (χ1) is 6.13. The second-order valence-electron chi connectivity index (χ2n) is 2.41. The predicted octanol–water partition coefficient (Wildman–Crippen LogP) is 1.69. The molecule has 0 unspecified atom stereocenters. The third-order valence-corrected chi connectivity index (χ3v) is 1.79. The fourth-order valence-corrected chi connectivity index (χ4v) is 1.37. The first-order valence-corrected chi connectivity index (χ1v) is 4.31. The lowest BCUT2D eigenvalue weighted by molar-refractivity contribution is 0.0696. The molecule has 5 heteroatoms. The Kier molecular flexibility index (Phi) is 3.39. The van der Waals surface area contributed by atoms with Gasteiger partial charge in [-0.25, -0.2) is 9.78 Å². The van der Waals surface area contributed by atoms with Gasteiger partial charge in [0.15, 0.2) is 0 Å². The number of hydrogen-bond donors (Lipinski definition) is 1. The van der Waals surface area contributed by atoms with Gasteiger partial charge in [-0.2, -0.15) is 0 Å². The van der Waals surface area contributed by atoms with E-state index in [2.05, 4.69) is 20.9 Å². The van der Waals surface area contributed by atoms with Gasteiger partial charge < -0.3 is 9.84 Å². The smallest absolute Gasteiger partial charge is 0.335 e. The molecule has 0 spiro atoms. The van der Waals surface area contributed by atoms with Crippen LogP contribution in [0.4, 0.5) is 0 Å². The zero-order valence-electron chi connectivity index (χ0n) is 6.95. The molecule has 1 aromatic heterocycles. The van der Waals surface area contributed by atoms with Crippen LogP contribution in [0.2, 0.25) is 0 Å². The maximum Gasteiger partial charge on any atom is 0.335 e. The van der Waals surface area contributed by atoms with Gasteiger partial charge in [-0.05, 0) is 28.1 Å². The van der Waals surface area contributed by atoms with Crippen molar-refractivity contribution in [2.75, 3.05) is 7.11 Å². The Labute approximate surface area is 83.7 Å². The second-order valence-corrected chi connectivity index (χ2v) is 3.22. The molecule has 13 heavy (non-hydrogen) atoms. The summed E-state index contributed by atoms with van der Waals surface area (Å²) in [4.78, 5) is 14.7. The van der Waals surface area contributed by atoms with Crippen LogP contribution in [0.5, 0.6) is 0 Å². The van der Waals surface area contributed by atoms with Crippen LogP contribution in [-0.4, -0.2) is 23.2 Å². The molecule has 1 N–H and O–H groups in total. The monoisotopic (exact) mass is 245 g/mol. The Hall–Kier alpha value is -0.940. The summed E-state index contributed by atoms with van der Waals surface area (Å²) in [6.45, 7) is 0.305. The van der Waals surface area contributed by atoms with Gasteiger partial charge in [0.05, 0.1) is 17.9 Å². The summed E-state index contributed by atoms with van der Waals surface area (Å²) in [6.07, 6.45) is 0. The SMILES string of the molecule is COCc1cc(C(=O)O)cc(Br)n1. The number of halogens is 1. The second kappa shape index (κ2) is 4.34. The Morgan fingerprint density at radius 3 is 2.92 bits per heavy atom. The molecule has 0 saturated carbocycles. The van der Waals surface area contributed by atoms with Gasteiger partial charge in [-0.1, -0.05) is 0 Å². The van der Waals surface area contributed by atoms with Crippen molar-refractivity contribution >= 4 is 21.9 Å². The van der Waals surface area contributed by atoms with E-state index < -0.39 is 5.97 Å². The molecular formula is C8H8BrNO3. The van der Waals surface area contributed by atoms with Crippen molar-refractivity contribution in [1.82, 2.24) is 4.98 Å². The van der Waals surface area contributed by atoms with Gasteiger partial charge in [0.25, 0.3) is 0 Å². The molecule has 1 rings (SSSR count). The molecule has 0 radical (unpaired) electrons. The first kappa shape index (κ1) is 10.1. The lowest BCUT2D eigenvalue weighted by atomic mass is 10.2. The highest BCUT2D eigenvalue weighted by molar-refractivity contribution is 9.10. The Bertz CT molecular complexity index is 327. The highest BCUT2D eigenvalue weighted by Gasteiger charge is 2.06. The van der Waals surface area contributed by atoms with Crippen molar-refractivity contribution in [3.8, 4) is 0 Å². The summed E-state index contributed by atoms with van der Waals surface area (Å²) in [5, 5.41) is 8.71. The molecule has 0 fully saturated rings. The van der Waals surface area contributed by atoms with E-state index in [0.717, 1.165) is 0 Å². The number of rotatable bonds is 3. The van der Waals surface area contributed by atoms with Gasteiger partial charge in [-0.3, -0.25) is 0 Å². The molecular weight excluding hydrogens is 238 g/mol. The molecule has 0 aromatic carbocycles. The lowest BCUT2D eigenvalue weighted by Gasteiger charge is -2.01. The van der Waals surface area contributed by atoms with Crippen LogP contribution < -0.4 is 0 Å². The van der Waals surface area contributed by atoms with Gasteiger partial charge >= 0.3 is 5.97 Å². The fraction of sp³-hybridized carbons (Fsp3) is 0.250. The molecule has 0 aliphatic carbocycles. The Morgan fingerprint density at radius 2 is 2.38 bits per heavy atom. The van der Waals surface area contributed by atoms with E-state index >= 15 is 0 Å². The maximum absolute atomic E-state index is 10.6. The van der Waals surface area contributed by atoms with E-state index in [0.29, 0.717) is 16.9 Å². The van der Waals surface area contributed by atoms with Crippen molar-refractivity contribution < 1.29 is 14.6 Å². The normalized spacial score (nSPS) is 10.0.